The lowest BCUT2D eigenvalue weighted by molar-refractivity contribution is -0.139. The maximum absolute atomic E-state index is 12.6. The van der Waals surface area contributed by atoms with E-state index in [9.17, 15) is 9.59 Å². The van der Waals surface area contributed by atoms with Gasteiger partial charge in [-0.25, -0.2) is 0 Å². The monoisotopic (exact) mass is 409 g/mol. The van der Waals surface area contributed by atoms with E-state index >= 15 is 0 Å². The van der Waals surface area contributed by atoms with Gasteiger partial charge in [0, 0.05) is 23.3 Å². The Hall–Kier alpha value is -2.89. The number of aryl methyl sites for hydroxylation is 3. The molecule has 1 aromatic carbocycles. The first-order chi connectivity index (χ1) is 14.3. The average Bonchev–Trinajstić information content (AvgIpc) is 2.69. The van der Waals surface area contributed by atoms with Gasteiger partial charge in [-0.05, 0) is 89.8 Å². The number of nitrogens with one attached hydrogen (secondary N) is 1. The number of nitrogens with zero attached hydrogens (tertiary/aromatic N) is 2. The van der Waals surface area contributed by atoms with Gasteiger partial charge in [0.05, 0.1) is 11.4 Å². The van der Waals surface area contributed by atoms with E-state index in [0.717, 1.165) is 41.9 Å². The molecule has 0 radical (unpaired) electrons. The fourth-order valence-electron chi connectivity index (χ4n) is 4.23. The first kappa shape index (κ1) is 21.8. The number of hydrogen-bond acceptors (Lipinski definition) is 4. The van der Waals surface area contributed by atoms with Crippen molar-refractivity contribution in [3.05, 3.63) is 52.8 Å². The summed E-state index contributed by atoms with van der Waals surface area (Å²) >= 11 is 0. The topological polar surface area (TPSA) is 71.5 Å². The second kappa shape index (κ2) is 9.28. The number of benzene rings is 1. The van der Waals surface area contributed by atoms with Crippen LogP contribution in [0.15, 0.2) is 30.3 Å². The molecule has 160 valence electrons. The minimum atomic E-state index is -0.203. The number of carbonyl (C=O) groups is 2. The molecule has 1 aliphatic heterocycles. The van der Waals surface area contributed by atoms with Gasteiger partial charge in [-0.1, -0.05) is 0 Å². The zero-order valence-electron chi connectivity index (χ0n) is 18.5. The number of piperidine rings is 1. The Labute approximate surface area is 178 Å². The maximum atomic E-state index is 12.6. The molecule has 6 heteroatoms. The maximum Gasteiger partial charge on any atom is 0.260 e. The first-order valence-corrected chi connectivity index (χ1v) is 10.6. The summed E-state index contributed by atoms with van der Waals surface area (Å²) in [6.45, 7) is 9.96. The molecular weight excluding hydrogens is 378 g/mol. The zero-order valence-corrected chi connectivity index (χ0v) is 18.5. The third-order valence-corrected chi connectivity index (χ3v) is 5.72. The molecule has 0 spiro atoms. The minimum Gasteiger partial charge on any atom is -0.484 e. The molecule has 3 rings (SSSR count). The van der Waals surface area contributed by atoms with Crippen molar-refractivity contribution < 1.29 is 14.3 Å². The summed E-state index contributed by atoms with van der Waals surface area (Å²) in [4.78, 5) is 31.6. The summed E-state index contributed by atoms with van der Waals surface area (Å²) in [6.07, 6.45) is 3.23. The number of pyridine rings is 1. The molecule has 2 amide bonds. The predicted octanol–water partition coefficient (Wildman–Crippen LogP) is 4.43. The molecule has 1 N–H and O–H groups in total. The smallest absolute Gasteiger partial charge is 0.260 e. The second-order valence-electron chi connectivity index (χ2n) is 8.24. The van der Waals surface area contributed by atoms with Gasteiger partial charge < -0.3 is 15.0 Å². The van der Waals surface area contributed by atoms with Gasteiger partial charge in [-0.2, -0.15) is 0 Å². The summed E-state index contributed by atoms with van der Waals surface area (Å²) in [5.74, 6) is 0.376. The molecule has 2 atom stereocenters. The third-order valence-electron chi connectivity index (χ3n) is 5.72. The first-order valence-electron chi connectivity index (χ1n) is 10.6. The van der Waals surface area contributed by atoms with E-state index in [1.54, 1.807) is 24.3 Å². The summed E-state index contributed by atoms with van der Waals surface area (Å²) < 4.78 is 5.69. The summed E-state index contributed by atoms with van der Waals surface area (Å²) in [5.41, 5.74) is 3.95. The van der Waals surface area contributed by atoms with Gasteiger partial charge in [0.25, 0.3) is 11.8 Å². The van der Waals surface area contributed by atoms with Crippen LogP contribution in [0.3, 0.4) is 0 Å². The van der Waals surface area contributed by atoms with Crippen LogP contribution in [0.1, 0.15) is 60.4 Å². The van der Waals surface area contributed by atoms with Gasteiger partial charge >= 0.3 is 0 Å². The van der Waals surface area contributed by atoms with Gasteiger partial charge in [0.15, 0.2) is 6.61 Å². The van der Waals surface area contributed by atoms with Gasteiger partial charge in [-0.3, -0.25) is 14.6 Å². The SMILES string of the molecule is Cc1cc(C)c(NC(=O)c2ccc(OCC(=O)N3C(C)CCCC3C)cc2)c(C)n1. The molecule has 0 saturated carbocycles. The molecule has 0 bridgehead atoms. The van der Waals surface area contributed by atoms with Crippen LogP contribution in [0.5, 0.6) is 5.75 Å². The van der Waals surface area contributed by atoms with Crippen molar-refractivity contribution in [3.8, 4) is 5.75 Å². The molecule has 0 aliphatic carbocycles. The number of carbonyl (C=O) groups excluding carboxylic acids is 2. The number of ether oxygens (including phenoxy) is 1. The van der Waals surface area contributed by atoms with Crippen molar-refractivity contribution in [1.82, 2.24) is 9.88 Å². The standard InChI is InChI=1S/C24H31N3O3/c1-15-13-16(2)25-19(5)23(15)26-24(29)20-9-11-21(12-10-20)30-14-22(28)27-17(3)7-6-8-18(27)4/h9-13,17-18H,6-8,14H2,1-5H3,(H,26,29). The fraction of sp³-hybridized carbons (Fsp3) is 0.458. The summed E-state index contributed by atoms with van der Waals surface area (Å²) in [7, 11) is 0. The normalized spacial score (nSPS) is 18.8. The number of rotatable bonds is 5. The number of anilines is 1. The van der Waals surface area contributed by atoms with E-state index < -0.39 is 0 Å². The largest absolute Gasteiger partial charge is 0.484 e. The minimum absolute atomic E-state index is 0.00759. The predicted molar refractivity (Wildman–Crippen MR) is 118 cm³/mol. The molecule has 30 heavy (non-hydrogen) atoms. The zero-order chi connectivity index (χ0) is 21.8. The summed E-state index contributed by atoms with van der Waals surface area (Å²) in [6, 6.07) is 9.29. The number of hydrogen-bond donors (Lipinski definition) is 1. The van der Waals surface area contributed by atoms with Crippen molar-refractivity contribution >= 4 is 17.5 Å². The second-order valence-corrected chi connectivity index (χ2v) is 8.24. The van der Waals surface area contributed by atoms with Crippen molar-refractivity contribution in [2.24, 2.45) is 0 Å². The highest BCUT2D eigenvalue weighted by molar-refractivity contribution is 6.05. The van der Waals surface area contributed by atoms with Crippen LogP contribution in [0, 0.1) is 20.8 Å². The average molecular weight is 410 g/mol. The lowest BCUT2D eigenvalue weighted by Gasteiger charge is -2.38. The quantitative estimate of drug-likeness (QED) is 0.793. The molecule has 1 aromatic heterocycles. The Bertz CT molecular complexity index is 891. The van der Waals surface area contributed by atoms with E-state index in [4.69, 9.17) is 4.74 Å². The van der Waals surface area contributed by atoms with E-state index in [0.29, 0.717) is 11.3 Å². The van der Waals surface area contributed by atoms with Crippen LogP contribution in [-0.2, 0) is 4.79 Å². The molecule has 2 heterocycles. The molecule has 1 saturated heterocycles. The van der Waals surface area contributed by atoms with Crippen molar-refractivity contribution in [2.45, 2.75) is 66.0 Å². The molecule has 1 aliphatic rings. The Morgan fingerprint density at radius 3 is 2.33 bits per heavy atom. The molecule has 2 unspecified atom stereocenters. The molecule has 1 fully saturated rings. The van der Waals surface area contributed by atoms with Gasteiger partial charge in [0.2, 0.25) is 0 Å². The summed E-state index contributed by atoms with van der Waals surface area (Å²) in [5, 5.41) is 2.94. The molecule has 6 nitrogen and oxygen atoms in total. The van der Waals surface area contributed by atoms with Crippen LogP contribution >= 0.6 is 0 Å². The third kappa shape index (κ3) is 4.99. The van der Waals surface area contributed by atoms with Gasteiger partial charge in [-0.15, -0.1) is 0 Å². The van der Waals surface area contributed by atoms with Gasteiger partial charge in [0.1, 0.15) is 5.75 Å². The fourth-order valence-corrected chi connectivity index (χ4v) is 4.23. The molecule has 2 aromatic rings. The lowest BCUT2D eigenvalue weighted by Crippen LogP contribution is -2.49. The highest BCUT2D eigenvalue weighted by atomic mass is 16.5. The Morgan fingerprint density at radius 2 is 1.73 bits per heavy atom. The van der Waals surface area contributed by atoms with E-state index in [-0.39, 0.29) is 30.5 Å². The number of amides is 2. The van der Waals surface area contributed by atoms with Crippen molar-refractivity contribution in [1.29, 1.82) is 0 Å². The lowest BCUT2D eigenvalue weighted by atomic mass is 9.97. The Kier molecular flexibility index (Phi) is 6.75. The van der Waals surface area contributed by atoms with Crippen LogP contribution in [0.25, 0.3) is 0 Å². The molecular formula is C24H31N3O3. The Balaban J connectivity index is 1.60. The van der Waals surface area contributed by atoms with E-state index in [1.807, 2.05) is 31.7 Å². The van der Waals surface area contributed by atoms with Crippen LogP contribution in [0.2, 0.25) is 0 Å². The Morgan fingerprint density at radius 1 is 1.10 bits per heavy atom. The number of likely N-dealkylation sites (tertiary alicyclic amines) is 1. The van der Waals surface area contributed by atoms with Crippen LogP contribution in [0.4, 0.5) is 5.69 Å². The highest BCUT2D eigenvalue weighted by Crippen LogP contribution is 2.23. The van der Waals surface area contributed by atoms with Crippen molar-refractivity contribution in [3.63, 3.8) is 0 Å². The van der Waals surface area contributed by atoms with E-state index in [1.165, 1.54) is 0 Å². The van der Waals surface area contributed by atoms with E-state index in [2.05, 4.69) is 24.1 Å². The highest BCUT2D eigenvalue weighted by Gasteiger charge is 2.29. The van der Waals surface area contributed by atoms with Crippen LogP contribution < -0.4 is 10.1 Å². The number of aromatic nitrogens is 1. The van der Waals surface area contributed by atoms with Crippen LogP contribution in [-0.4, -0.2) is 40.4 Å². The van der Waals surface area contributed by atoms with Crippen molar-refractivity contribution in [2.75, 3.05) is 11.9 Å².